The smallest absolute Gasteiger partial charge is 0.233 e. The highest BCUT2D eigenvalue weighted by Gasteiger charge is 2.53. The molecule has 1 amide bonds. The van der Waals surface area contributed by atoms with E-state index >= 15 is 0 Å². The van der Waals surface area contributed by atoms with Crippen LogP contribution in [-0.4, -0.2) is 28.4 Å². The van der Waals surface area contributed by atoms with Gasteiger partial charge in [0.2, 0.25) is 5.91 Å². The third-order valence-electron chi connectivity index (χ3n) is 6.15. The molecule has 1 atom stereocenters. The van der Waals surface area contributed by atoms with Crippen LogP contribution in [0.4, 0.5) is 0 Å². The molecule has 1 aromatic heterocycles. The quantitative estimate of drug-likeness (QED) is 0.663. The van der Waals surface area contributed by atoms with Gasteiger partial charge in [-0.25, -0.2) is 0 Å². The van der Waals surface area contributed by atoms with Crippen LogP contribution in [0.1, 0.15) is 30.9 Å². The zero-order chi connectivity index (χ0) is 19.8. The van der Waals surface area contributed by atoms with Gasteiger partial charge in [-0.2, -0.15) is 0 Å². The standard InChI is InChI=1S/C25H24N2O2/c1-18-17-29-23-10-9-19(20-6-5-13-26-15-20)14-21(23)16-27(18)24(28)25(11-12-25)22-7-3-2-4-8-22/h2-10,13-15,18H,11-12,16-17H2,1H3/t18-/m0/s1. The lowest BCUT2D eigenvalue weighted by atomic mass is 9.93. The Labute approximate surface area is 171 Å². The largest absolute Gasteiger partial charge is 0.491 e. The first kappa shape index (κ1) is 17.9. The van der Waals surface area contributed by atoms with E-state index in [2.05, 4.69) is 36.2 Å². The maximum atomic E-state index is 13.7. The van der Waals surface area contributed by atoms with Crippen molar-refractivity contribution in [3.63, 3.8) is 0 Å². The minimum absolute atomic E-state index is 0.0259. The Kier molecular flexibility index (Phi) is 4.35. The lowest BCUT2D eigenvalue weighted by Crippen LogP contribution is -2.45. The molecule has 5 rings (SSSR count). The first-order valence-electron chi connectivity index (χ1n) is 10.2. The maximum Gasteiger partial charge on any atom is 0.233 e. The summed E-state index contributed by atoms with van der Waals surface area (Å²) < 4.78 is 6.06. The van der Waals surface area contributed by atoms with E-state index in [1.165, 1.54) is 0 Å². The van der Waals surface area contributed by atoms with Crippen molar-refractivity contribution in [1.82, 2.24) is 9.88 Å². The fraction of sp³-hybridized carbons (Fsp3) is 0.280. The second-order valence-corrected chi connectivity index (χ2v) is 8.11. The molecule has 1 saturated carbocycles. The summed E-state index contributed by atoms with van der Waals surface area (Å²) in [5.41, 5.74) is 3.97. The molecule has 146 valence electrons. The number of ether oxygens (including phenoxy) is 1. The molecule has 0 N–H and O–H groups in total. The Morgan fingerprint density at radius 1 is 1.07 bits per heavy atom. The van der Waals surface area contributed by atoms with Crippen molar-refractivity contribution >= 4 is 5.91 Å². The van der Waals surface area contributed by atoms with E-state index in [0.717, 1.165) is 40.8 Å². The second kappa shape index (κ2) is 7.03. The van der Waals surface area contributed by atoms with E-state index in [4.69, 9.17) is 4.74 Å². The normalized spacial score (nSPS) is 19.6. The average Bonchev–Trinajstić information content (AvgIpc) is 3.60. The Balaban J connectivity index is 1.48. The molecule has 0 saturated heterocycles. The minimum Gasteiger partial charge on any atom is -0.491 e. The molecular weight excluding hydrogens is 360 g/mol. The van der Waals surface area contributed by atoms with Crippen LogP contribution in [0.3, 0.4) is 0 Å². The highest BCUT2D eigenvalue weighted by Crippen LogP contribution is 2.50. The fourth-order valence-electron chi connectivity index (χ4n) is 4.25. The molecule has 29 heavy (non-hydrogen) atoms. The summed E-state index contributed by atoms with van der Waals surface area (Å²) in [5, 5.41) is 0. The number of pyridine rings is 1. The number of amides is 1. The Morgan fingerprint density at radius 2 is 1.90 bits per heavy atom. The van der Waals surface area contributed by atoms with Crippen molar-refractivity contribution in [1.29, 1.82) is 0 Å². The van der Waals surface area contributed by atoms with Gasteiger partial charge in [0.25, 0.3) is 0 Å². The van der Waals surface area contributed by atoms with Crippen LogP contribution in [-0.2, 0) is 16.8 Å². The molecule has 1 aliphatic heterocycles. The zero-order valence-electron chi connectivity index (χ0n) is 16.5. The van der Waals surface area contributed by atoms with Crippen LogP contribution >= 0.6 is 0 Å². The first-order chi connectivity index (χ1) is 14.2. The van der Waals surface area contributed by atoms with Crippen LogP contribution in [0.15, 0.2) is 73.1 Å². The third kappa shape index (κ3) is 3.19. The van der Waals surface area contributed by atoms with Gasteiger partial charge in [-0.3, -0.25) is 9.78 Å². The van der Waals surface area contributed by atoms with Crippen molar-refractivity contribution in [3.8, 4) is 16.9 Å². The molecule has 4 nitrogen and oxygen atoms in total. The Morgan fingerprint density at radius 3 is 2.62 bits per heavy atom. The van der Waals surface area contributed by atoms with Crippen LogP contribution in [0, 0.1) is 0 Å². The molecule has 3 aromatic rings. The Bertz CT molecular complexity index is 1030. The molecule has 0 unspecified atom stereocenters. The summed E-state index contributed by atoms with van der Waals surface area (Å²) in [6, 6.07) is 20.4. The van der Waals surface area contributed by atoms with Gasteiger partial charge >= 0.3 is 0 Å². The number of rotatable bonds is 3. The van der Waals surface area contributed by atoms with Gasteiger partial charge in [-0.15, -0.1) is 0 Å². The fourth-order valence-corrected chi connectivity index (χ4v) is 4.25. The second-order valence-electron chi connectivity index (χ2n) is 8.11. The number of hydrogen-bond acceptors (Lipinski definition) is 3. The maximum absolute atomic E-state index is 13.7. The number of aromatic nitrogens is 1. The number of fused-ring (bicyclic) bond motifs is 1. The van der Waals surface area contributed by atoms with Gasteiger partial charge in [0.05, 0.1) is 11.5 Å². The van der Waals surface area contributed by atoms with E-state index in [9.17, 15) is 4.79 Å². The summed E-state index contributed by atoms with van der Waals surface area (Å²) in [7, 11) is 0. The predicted molar refractivity (Wildman–Crippen MR) is 113 cm³/mol. The number of carbonyl (C=O) groups excluding carboxylic acids is 1. The van der Waals surface area contributed by atoms with Crippen molar-refractivity contribution < 1.29 is 9.53 Å². The minimum atomic E-state index is -0.360. The topological polar surface area (TPSA) is 42.4 Å². The molecule has 0 spiro atoms. The highest BCUT2D eigenvalue weighted by molar-refractivity contribution is 5.91. The number of carbonyl (C=O) groups is 1. The predicted octanol–water partition coefficient (Wildman–Crippen LogP) is 4.59. The summed E-state index contributed by atoms with van der Waals surface area (Å²) in [5.74, 6) is 1.09. The summed E-state index contributed by atoms with van der Waals surface area (Å²) in [6.45, 7) is 3.15. The number of hydrogen-bond donors (Lipinski definition) is 0. The average molecular weight is 384 g/mol. The van der Waals surface area contributed by atoms with Gasteiger partial charge < -0.3 is 9.64 Å². The first-order valence-corrected chi connectivity index (χ1v) is 10.2. The molecule has 0 bridgehead atoms. The van der Waals surface area contributed by atoms with Crippen LogP contribution in [0.5, 0.6) is 5.75 Å². The summed E-state index contributed by atoms with van der Waals surface area (Å²) >= 11 is 0. The lowest BCUT2D eigenvalue weighted by molar-refractivity contribution is -0.137. The summed E-state index contributed by atoms with van der Waals surface area (Å²) in [4.78, 5) is 19.9. The highest BCUT2D eigenvalue weighted by atomic mass is 16.5. The van der Waals surface area contributed by atoms with Gasteiger partial charge in [-0.1, -0.05) is 42.5 Å². The summed E-state index contributed by atoms with van der Waals surface area (Å²) in [6.07, 6.45) is 5.47. The van der Waals surface area contributed by atoms with Gasteiger partial charge in [0.15, 0.2) is 0 Å². The van der Waals surface area contributed by atoms with Crippen LogP contribution in [0.25, 0.3) is 11.1 Å². The third-order valence-corrected chi connectivity index (χ3v) is 6.15. The van der Waals surface area contributed by atoms with E-state index in [0.29, 0.717) is 13.2 Å². The van der Waals surface area contributed by atoms with E-state index < -0.39 is 0 Å². The molecule has 4 heteroatoms. The van der Waals surface area contributed by atoms with Gasteiger partial charge in [0, 0.05) is 30.1 Å². The van der Waals surface area contributed by atoms with Crippen molar-refractivity contribution in [2.24, 2.45) is 0 Å². The zero-order valence-corrected chi connectivity index (χ0v) is 16.5. The van der Waals surface area contributed by atoms with Crippen molar-refractivity contribution in [3.05, 3.63) is 84.2 Å². The van der Waals surface area contributed by atoms with Gasteiger partial charge in [-0.05, 0) is 49.1 Å². The molecule has 2 heterocycles. The SMILES string of the molecule is C[C@H]1COc2ccc(-c3cccnc3)cc2CN1C(=O)C1(c2ccccc2)CC1. The van der Waals surface area contributed by atoms with Crippen LogP contribution < -0.4 is 4.74 Å². The molecule has 1 aliphatic carbocycles. The Hall–Kier alpha value is -3.14. The molecule has 0 radical (unpaired) electrons. The van der Waals surface area contributed by atoms with Gasteiger partial charge in [0.1, 0.15) is 12.4 Å². The lowest BCUT2D eigenvalue weighted by Gasteiger charge is -2.30. The molecule has 1 fully saturated rings. The van der Waals surface area contributed by atoms with E-state index in [-0.39, 0.29) is 17.4 Å². The molecular formula is C25H24N2O2. The number of nitrogens with zero attached hydrogens (tertiary/aromatic N) is 2. The van der Waals surface area contributed by atoms with Crippen LogP contribution in [0.2, 0.25) is 0 Å². The number of benzene rings is 2. The van der Waals surface area contributed by atoms with Crippen molar-refractivity contribution in [2.45, 2.75) is 37.8 Å². The molecule has 2 aliphatic rings. The molecule has 2 aromatic carbocycles. The van der Waals surface area contributed by atoms with Crippen molar-refractivity contribution in [2.75, 3.05) is 6.61 Å². The van der Waals surface area contributed by atoms with E-state index in [1.807, 2.05) is 47.5 Å². The monoisotopic (exact) mass is 384 g/mol. The van der Waals surface area contributed by atoms with E-state index in [1.54, 1.807) is 6.20 Å².